The molecule has 1 aromatic heterocycles. The van der Waals surface area contributed by atoms with Crippen LogP contribution < -0.4 is 5.32 Å². The van der Waals surface area contributed by atoms with E-state index in [1.807, 2.05) is 11.5 Å². The predicted octanol–water partition coefficient (Wildman–Crippen LogP) is 3.16. The van der Waals surface area contributed by atoms with E-state index in [2.05, 4.69) is 10.3 Å². The number of halogens is 2. The molecule has 1 N–H and O–H groups in total. The molecule has 0 bridgehead atoms. The number of fused-ring (bicyclic) bond motifs is 1. The molecule has 0 spiro atoms. The van der Waals surface area contributed by atoms with Crippen LogP contribution in [0.5, 0.6) is 0 Å². The van der Waals surface area contributed by atoms with Gasteiger partial charge in [-0.2, -0.15) is 0 Å². The van der Waals surface area contributed by atoms with Gasteiger partial charge >= 0.3 is 0 Å². The molecular formula is C15H19F2N3. The van der Waals surface area contributed by atoms with Gasteiger partial charge in [-0.25, -0.2) is 13.8 Å². The maximum Gasteiger partial charge on any atom is 0.161 e. The number of aromatic nitrogens is 2. The standard InChI is InChI=1S/C15H19F2N3/c1-10-19-14-8-12(16)13(17)9-15(14)20(10)7-5-11-4-2-3-6-18-11/h8-9,11,18H,2-7H2,1H3. The van der Waals surface area contributed by atoms with Gasteiger partial charge in [0.2, 0.25) is 0 Å². The summed E-state index contributed by atoms with van der Waals surface area (Å²) in [5.41, 5.74) is 1.20. The Labute approximate surface area is 117 Å². The van der Waals surface area contributed by atoms with E-state index in [-0.39, 0.29) is 0 Å². The Balaban J connectivity index is 1.83. The van der Waals surface area contributed by atoms with Crippen LogP contribution in [0.1, 0.15) is 31.5 Å². The molecule has 0 amide bonds. The molecule has 1 aliphatic rings. The lowest BCUT2D eigenvalue weighted by molar-refractivity contribution is 0.367. The fourth-order valence-electron chi connectivity index (χ4n) is 2.98. The van der Waals surface area contributed by atoms with Crippen LogP contribution in [-0.4, -0.2) is 22.1 Å². The van der Waals surface area contributed by atoms with Crippen LogP contribution in [0, 0.1) is 18.6 Å². The van der Waals surface area contributed by atoms with Crippen LogP contribution in [0.25, 0.3) is 11.0 Å². The van der Waals surface area contributed by atoms with Crippen molar-refractivity contribution in [1.82, 2.24) is 14.9 Å². The average Bonchev–Trinajstić information content (AvgIpc) is 2.73. The van der Waals surface area contributed by atoms with Crippen LogP contribution in [-0.2, 0) is 6.54 Å². The molecule has 3 rings (SSSR count). The van der Waals surface area contributed by atoms with Crippen molar-refractivity contribution >= 4 is 11.0 Å². The number of aryl methyl sites for hydroxylation is 2. The molecule has 108 valence electrons. The third-order valence-corrected chi connectivity index (χ3v) is 4.09. The summed E-state index contributed by atoms with van der Waals surface area (Å²) in [6.07, 6.45) is 4.69. The first kappa shape index (κ1) is 13.5. The van der Waals surface area contributed by atoms with Crippen molar-refractivity contribution < 1.29 is 8.78 Å². The van der Waals surface area contributed by atoms with E-state index in [9.17, 15) is 8.78 Å². The molecule has 20 heavy (non-hydrogen) atoms. The molecule has 1 fully saturated rings. The van der Waals surface area contributed by atoms with Gasteiger partial charge in [0, 0.05) is 24.7 Å². The molecule has 3 nitrogen and oxygen atoms in total. The van der Waals surface area contributed by atoms with Gasteiger partial charge in [-0.1, -0.05) is 6.42 Å². The molecule has 2 heterocycles. The molecule has 5 heteroatoms. The highest BCUT2D eigenvalue weighted by molar-refractivity contribution is 5.76. The average molecular weight is 279 g/mol. The SMILES string of the molecule is Cc1nc2cc(F)c(F)cc2n1CCC1CCCCN1. The van der Waals surface area contributed by atoms with Gasteiger partial charge in [0.15, 0.2) is 11.6 Å². The summed E-state index contributed by atoms with van der Waals surface area (Å²) in [4.78, 5) is 4.31. The van der Waals surface area contributed by atoms with Crippen LogP contribution >= 0.6 is 0 Å². The van der Waals surface area contributed by atoms with E-state index < -0.39 is 11.6 Å². The van der Waals surface area contributed by atoms with Gasteiger partial charge in [0.1, 0.15) is 5.82 Å². The van der Waals surface area contributed by atoms with Gasteiger partial charge in [-0.15, -0.1) is 0 Å². The second-order valence-electron chi connectivity index (χ2n) is 5.50. The largest absolute Gasteiger partial charge is 0.328 e. The van der Waals surface area contributed by atoms with E-state index in [4.69, 9.17) is 0 Å². The number of benzene rings is 1. The normalized spacial score (nSPS) is 19.6. The number of hydrogen-bond donors (Lipinski definition) is 1. The van der Waals surface area contributed by atoms with Crippen molar-refractivity contribution in [3.63, 3.8) is 0 Å². The highest BCUT2D eigenvalue weighted by atomic mass is 19.2. The highest BCUT2D eigenvalue weighted by Crippen LogP contribution is 2.21. The lowest BCUT2D eigenvalue weighted by Gasteiger charge is -2.23. The molecule has 1 aliphatic heterocycles. The zero-order chi connectivity index (χ0) is 14.1. The third-order valence-electron chi connectivity index (χ3n) is 4.09. The van der Waals surface area contributed by atoms with E-state index >= 15 is 0 Å². The molecule has 1 aromatic carbocycles. The number of imidazole rings is 1. The highest BCUT2D eigenvalue weighted by Gasteiger charge is 2.15. The first-order valence-corrected chi connectivity index (χ1v) is 7.20. The Morgan fingerprint density at radius 1 is 1.30 bits per heavy atom. The van der Waals surface area contributed by atoms with Gasteiger partial charge in [0.05, 0.1) is 11.0 Å². The first-order chi connectivity index (χ1) is 9.65. The Morgan fingerprint density at radius 3 is 2.85 bits per heavy atom. The zero-order valence-electron chi connectivity index (χ0n) is 11.6. The van der Waals surface area contributed by atoms with E-state index in [1.165, 1.54) is 31.4 Å². The number of rotatable bonds is 3. The van der Waals surface area contributed by atoms with E-state index in [0.29, 0.717) is 17.1 Å². The summed E-state index contributed by atoms with van der Waals surface area (Å²) in [6, 6.07) is 2.94. The maximum absolute atomic E-state index is 13.4. The number of nitrogens with one attached hydrogen (secondary N) is 1. The second kappa shape index (κ2) is 5.48. The summed E-state index contributed by atoms with van der Waals surface area (Å²) in [6.45, 7) is 3.74. The smallest absolute Gasteiger partial charge is 0.161 e. The summed E-state index contributed by atoms with van der Waals surface area (Å²) in [5.74, 6) is -0.841. The number of hydrogen-bond acceptors (Lipinski definition) is 2. The lowest BCUT2D eigenvalue weighted by atomic mass is 10.0. The maximum atomic E-state index is 13.4. The van der Waals surface area contributed by atoms with Crippen LogP contribution in [0.15, 0.2) is 12.1 Å². The topological polar surface area (TPSA) is 29.9 Å². The quantitative estimate of drug-likeness (QED) is 0.935. The van der Waals surface area contributed by atoms with Crippen molar-refractivity contribution in [1.29, 1.82) is 0 Å². The molecule has 1 unspecified atom stereocenters. The fraction of sp³-hybridized carbons (Fsp3) is 0.533. The molecule has 1 atom stereocenters. The molecule has 1 saturated heterocycles. The van der Waals surface area contributed by atoms with Crippen LogP contribution in [0.3, 0.4) is 0 Å². The number of piperidine rings is 1. The van der Waals surface area contributed by atoms with Crippen LogP contribution in [0.2, 0.25) is 0 Å². The van der Waals surface area contributed by atoms with Crippen LogP contribution in [0.4, 0.5) is 8.78 Å². The first-order valence-electron chi connectivity index (χ1n) is 7.20. The summed E-state index contributed by atoms with van der Waals surface area (Å²) >= 11 is 0. The molecule has 0 saturated carbocycles. The fourth-order valence-corrected chi connectivity index (χ4v) is 2.98. The summed E-state index contributed by atoms with van der Waals surface area (Å²) in [5, 5.41) is 3.50. The second-order valence-corrected chi connectivity index (χ2v) is 5.50. The predicted molar refractivity (Wildman–Crippen MR) is 74.6 cm³/mol. The van der Waals surface area contributed by atoms with Gasteiger partial charge in [0.25, 0.3) is 0 Å². The van der Waals surface area contributed by atoms with Crippen molar-refractivity contribution in [2.24, 2.45) is 0 Å². The number of nitrogens with zero attached hydrogens (tertiary/aromatic N) is 2. The molecular weight excluding hydrogens is 260 g/mol. The van der Waals surface area contributed by atoms with Crippen molar-refractivity contribution in [3.8, 4) is 0 Å². The monoisotopic (exact) mass is 279 g/mol. The van der Waals surface area contributed by atoms with E-state index in [0.717, 1.165) is 25.3 Å². The van der Waals surface area contributed by atoms with Crippen molar-refractivity contribution in [3.05, 3.63) is 29.6 Å². The Bertz CT molecular complexity index is 615. The summed E-state index contributed by atoms with van der Waals surface area (Å²) in [7, 11) is 0. The summed E-state index contributed by atoms with van der Waals surface area (Å²) < 4.78 is 28.6. The minimum Gasteiger partial charge on any atom is -0.328 e. The molecule has 0 aliphatic carbocycles. The Kier molecular flexibility index (Phi) is 3.70. The van der Waals surface area contributed by atoms with E-state index in [1.54, 1.807) is 0 Å². The van der Waals surface area contributed by atoms with Crippen molar-refractivity contribution in [2.45, 2.75) is 45.2 Å². The van der Waals surface area contributed by atoms with Crippen molar-refractivity contribution in [2.75, 3.05) is 6.54 Å². The Morgan fingerprint density at radius 2 is 2.10 bits per heavy atom. The third kappa shape index (κ3) is 2.54. The minimum atomic E-state index is -0.837. The minimum absolute atomic E-state index is 0.519. The lowest BCUT2D eigenvalue weighted by Crippen LogP contribution is -2.34. The molecule has 2 aromatic rings. The molecule has 0 radical (unpaired) electrons. The van der Waals surface area contributed by atoms with Gasteiger partial charge in [-0.05, 0) is 32.7 Å². The Hall–Kier alpha value is -1.49. The van der Waals surface area contributed by atoms with Gasteiger partial charge < -0.3 is 9.88 Å². The zero-order valence-corrected chi connectivity index (χ0v) is 11.6. The van der Waals surface area contributed by atoms with Gasteiger partial charge in [-0.3, -0.25) is 0 Å².